The van der Waals surface area contributed by atoms with Gasteiger partial charge in [0.2, 0.25) is 5.82 Å². The first-order valence-corrected chi connectivity index (χ1v) is 10.2. The van der Waals surface area contributed by atoms with E-state index in [0.29, 0.717) is 18.8 Å². The quantitative estimate of drug-likeness (QED) is 0.510. The van der Waals surface area contributed by atoms with Gasteiger partial charge in [-0.15, -0.1) is 0 Å². The van der Waals surface area contributed by atoms with Crippen molar-refractivity contribution in [3.05, 3.63) is 57.1 Å². The summed E-state index contributed by atoms with van der Waals surface area (Å²) in [6.45, 7) is 5.03. The summed E-state index contributed by atoms with van der Waals surface area (Å²) in [6.07, 6.45) is 0. The topological polar surface area (TPSA) is 131 Å². The zero-order valence-corrected chi connectivity index (χ0v) is 17.9. The Labute approximate surface area is 183 Å². The highest BCUT2D eigenvalue weighted by molar-refractivity contribution is 5.89. The van der Waals surface area contributed by atoms with Crippen LogP contribution in [0.1, 0.15) is 10.7 Å². The summed E-state index contributed by atoms with van der Waals surface area (Å²) in [5.41, 5.74) is -1.03. The molecule has 1 amide bonds. The number of para-hydroxylation sites is 1. The third kappa shape index (κ3) is 4.50. The van der Waals surface area contributed by atoms with Crippen molar-refractivity contribution in [2.75, 3.05) is 46.3 Å². The fourth-order valence-electron chi connectivity index (χ4n) is 3.34. The molecule has 3 aromatic rings. The first-order chi connectivity index (χ1) is 15.4. The average Bonchev–Trinajstić information content (AvgIpc) is 3.30. The molecule has 1 aliphatic heterocycles. The minimum Gasteiger partial charge on any atom is -0.347 e. The minimum atomic E-state index is -0.690. The van der Waals surface area contributed by atoms with E-state index >= 15 is 0 Å². The molecule has 12 heteroatoms. The van der Waals surface area contributed by atoms with Crippen LogP contribution in [0.15, 0.2) is 44.4 Å². The van der Waals surface area contributed by atoms with E-state index in [1.165, 1.54) is 7.05 Å². The van der Waals surface area contributed by atoms with Crippen molar-refractivity contribution in [3.63, 3.8) is 0 Å². The molecule has 0 spiro atoms. The lowest BCUT2D eigenvalue weighted by molar-refractivity contribution is 0.0897. The smallest absolute Gasteiger partial charge is 0.347 e. The Morgan fingerprint density at radius 1 is 1.09 bits per heavy atom. The highest BCUT2D eigenvalue weighted by Gasteiger charge is 2.22. The van der Waals surface area contributed by atoms with Crippen LogP contribution in [-0.2, 0) is 7.05 Å². The van der Waals surface area contributed by atoms with Gasteiger partial charge in [0.15, 0.2) is 5.69 Å². The summed E-state index contributed by atoms with van der Waals surface area (Å²) >= 11 is 0. The van der Waals surface area contributed by atoms with Gasteiger partial charge in [0.1, 0.15) is 0 Å². The van der Waals surface area contributed by atoms with E-state index < -0.39 is 17.2 Å². The zero-order chi connectivity index (χ0) is 22.7. The van der Waals surface area contributed by atoms with Crippen LogP contribution in [0.25, 0.3) is 17.2 Å². The number of carbonyl (C=O) groups is 1. The molecule has 0 atom stereocenters. The number of nitrogens with one attached hydrogen (secondary N) is 1. The van der Waals surface area contributed by atoms with Crippen molar-refractivity contribution in [1.29, 1.82) is 0 Å². The monoisotopic (exact) mass is 440 g/mol. The Balaban J connectivity index is 1.49. The lowest BCUT2D eigenvalue weighted by atomic mass is 10.3. The number of hydrogen-bond donors (Lipinski definition) is 1. The van der Waals surface area contributed by atoms with Gasteiger partial charge in [-0.25, -0.2) is 4.79 Å². The minimum absolute atomic E-state index is 0.167. The predicted octanol–water partition coefficient (Wildman–Crippen LogP) is -1.04. The first kappa shape index (κ1) is 21.6. The van der Waals surface area contributed by atoms with Gasteiger partial charge in [-0.3, -0.25) is 19.1 Å². The van der Waals surface area contributed by atoms with E-state index in [1.54, 1.807) is 30.3 Å². The van der Waals surface area contributed by atoms with Crippen molar-refractivity contribution < 1.29 is 9.32 Å². The number of rotatable bonds is 6. The van der Waals surface area contributed by atoms with E-state index in [1.807, 2.05) is 0 Å². The average molecular weight is 440 g/mol. The van der Waals surface area contributed by atoms with E-state index in [0.717, 1.165) is 35.4 Å². The third-order valence-corrected chi connectivity index (χ3v) is 5.32. The highest BCUT2D eigenvalue weighted by Crippen LogP contribution is 2.09. The molecule has 0 aliphatic carbocycles. The van der Waals surface area contributed by atoms with Crippen LogP contribution in [0, 0.1) is 0 Å². The van der Waals surface area contributed by atoms with Crippen LogP contribution in [0.5, 0.6) is 0 Å². The van der Waals surface area contributed by atoms with Crippen molar-refractivity contribution in [3.8, 4) is 17.2 Å². The molecule has 0 unspecified atom stereocenters. The van der Waals surface area contributed by atoms with Crippen molar-refractivity contribution in [1.82, 2.24) is 39.6 Å². The standard InChI is InChI=1S/C20H24N8O4/c1-25-10-12-27(13-11-25)9-8-21-17(29)18-22-16(24-32-18)15-19(30)26(2)20(31)28(23-15)14-6-4-3-5-7-14/h3-7H,8-13H2,1-2H3,(H,21,29). The summed E-state index contributed by atoms with van der Waals surface area (Å²) in [6, 6.07) is 8.64. The second-order valence-corrected chi connectivity index (χ2v) is 7.57. The second-order valence-electron chi connectivity index (χ2n) is 7.57. The molecule has 2 aromatic heterocycles. The summed E-state index contributed by atoms with van der Waals surface area (Å²) in [5.74, 6) is -0.981. The SMILES string of the molecule is CN1CCN(CCNC(=O)c2nc(-c3nn(-c4ccccc4)c(=O)n(C)c3=O)no2)CC1. The van der Waals surface area contributed by atoms with Gasteiger partial charge in [-0.05, 0) is 19.2 Å². The van der Waals surface area contributed by atoms with Crippen molar-refractivity contribution >= 4 is 5.91 Å². The van der Waals surface area contributed by atoms with Crippen LogP contribution >= 0.6 is 0 Å². The number of hydrogen-bond acceptors (Lipinski definition) is 9. The Morgan fingerprint density at radius 2 is 1.81 bits per heavy atom. The Kier molecular flexibility index (Phi) is 6.23. The summed E-state index contributed by atoms with van der Waals surface area (Å²) < 4.78 is 7.02. The second kappa shape index (κ2) is 9.24. The van der Waals surface area contributed by atoms with Crippen molar-refractivity contribution in [2.24, 2.45) is 7.05 Å². The molecule has 1 saturated heterocycles. The first-order valence-electron chi connectivity index (χ1n) is 10.2. The number of carbonyl (C=O) groups excluding carboxylic acids is 1. The van der Waals surface area contributed by atoms with Crippen LogP contribution in [-0.4, -0.2) is 86.5 Å². The normalized spacial score (nSPS) is 15.1. The predicted molar refractivity (Wildman–Crippen MR) is 115 cm³/mol. The van der Waals surface area contributed by atoms with Crippen LogP contribution < -0.4 is 16.6 Å². The maximum Gasteiger partial charge on any atom is 0.351 e. The molecule has 4 rings (SSSR count). The Hall–Kier alpha value is -3.64. The van der Waals surface area contributed by atoms with E-state index in [2.05, 4.69) is 37.4 Å². The molecule has 1 fully saturated rings. The van der Waals surface area contributed by atoms with Gasteiger partial charge in [-0.1, -0.05) is 23.4 Å². The number of likely N-dealkylation sites (N-methyl/N-ethyl adjacent to an activating group) is 1. The molecule has 168 valence electrons. The van der Waals surface area contributed by atoms with Crippen LogP contribution in [0.3, 0.4) is 0 Å². The lowest BCUT2D eigenvalue weighted by Crippen LogP contribution is -2.46. The third-order valence-electron chi connectivity index (χ3n) is 5.32. The molecule has 0 bridgehead atoms. The Morgan fingerprint density at radius 3 is 2.53 bits per heavy atom. The summed E-state index contributed by atoms with van der Waals surface area (Å²) in [4.78, 5) is 46.0. The number of nitrogens with zero attached hydrogens (tertiary/aromatic N) is 7. The fourth-order valence-corrected chi connectivity index (χ4v) is 3.34. The van der Waals surface area contributed by atoms with Crippen LogP contribution in [0.2, 0.25) is 0 Å². The molecule has 0 saturated carbocycles. The van der Waals surface area contributed by atoms with Crippen LogP contribution in [0.4, 0.5) is 0 Å². The van der Waals surface area contributed by atoms with E-state index in [4.69, 9.17) is 4.52 Å². The molecule has 1 aliphatic rings. The maximum absolute atomic E-state index is 12.6. The van der Waals surface area contributed by atoms with E-state index in [-0.39, 0.29) is 17.4 Å². The molecular formula is C20H24N8O4. The molecule has 0 radical (unpaired) electrons. The number of aromatic nitrogens is 5. The lowest BCUT2D eigenvalue weighted by Gasteiger charge is -2.32. The number of amides is 1. The zero-order valence-electron chi connectivity index (χ0n) is 17.9. The van der Waals surface area contributed by atoms with Gasteiger partial charge < -0.3 is 14.7 Å². The van der Waals surface area contributed by atoms with Gasteiger partial charge in [0.25, 0.3) is 5.56 Å². The van der Waals surface area contributed by atoms with E-state index in [9.17, 15) is 14.4 Å². The van der Waals surface area contributed by atoms with Gasteiger partial charge in [-0.2, -0.15) is 14.8 Å². The number of piperazine rings is 1. The largest absolute Gasteiger partial charge is 0.351 e. The summed E-state index contributed by atoms with van der Waals surface area (Å²) in [5, 5.41) is 10.6. The molecule has 3 heterocycles. The van der Waals surface area contributed by atoms with Crippen molar-refractivity contribution in [2.45, 2.75) is 0 Å². The van der Waals surface area contributed by atoms with Gasteiger partial charge in [0.05, 0.1) is 5.69 Å². The fraction of sp³-hybridized carbons (Fsp3) is 0.400. The molecule has 32 heavy (non-hydrogen) atoms. The molecule has 1 N–H and O–H groups in total. The highest BCUT2D eigenvalue weighted by atomic mass is 16.5. The molecular weight excluding hydrogens is 416 g/mol. The number of benzene rings is 1. The Bertz CT molecular complexity index is 1210. The van der Waals surface area contributed by atoms with Gasteiger partial charge >= 0.3 is 17.5 Å². The van der Waals surface area contributed by atoms with Gasteiger partial charge in [0, 0.05) is 46.3 Å². The maximum atomic E-state index is 12.6. The molecule has 12 nitrogen and oxygen atoms in total. The summed E-state index contributed by atoms with van der Waals surface area (Å²) in [7, 11) is 3.42. The molecule has 1 aromatic carbocycles.